The summed E-state index contributed by atoms with van der Waals surface area (Å²) in [5, 5.41) is 14.1. The zero-order valence-electron chi connectivity index (χ0n) is 18.2. The number of hydrogen-bond acceptors (Lipinski definition) is 4. The molecule has 3 rings (SSSR count). The van der Waals surface area contributed by atoms with Gasteiger partial charge in [-0.3, -0.25) is 14.9 Å². The Morgan fingerprint density at radius 2 is 1.73 bits per heavy atom. The van der Waals surface area contributed by atoms with Gasteiger partial charge in [0.05, 0.1) is 16.4 Å². The lowest BCUT2D eigenvalue weighted by atomic mass is 9.78. The number of nitrogens with one attached hydrogen (secondary N) is 1. The summed E-state index contributed by atoms with van der Waals surface area (Å²) in [4.78, 5) is 24.0. The molecule has 1 aliphatic carbocycles. The maximum Gasteiger partial charge on any atom is 0.269 e. The van der Waals surface area contributed by atoms with Crippen LogP contribution in [0.4, 0.5) is 11.4 Å². The SMILES string of the molecule is CC[C@@H](C)Oc1c(C)cc(NC(=O)C2(c3ccc([N+](=O)[O-])cc3)CCCC2)cc1C. The maximum atomic E-state index is 13.4. The molecule has 2 aromatic carbocycles. The molecule has 0 saturated heterocycles. The van der Waals surface area contributed by atoms with Crippen LogP contribution in [0.3, 0.4) is 0 Å². The molecule has 1 atom stereocenters. The minimum atomic E-state index is -0.650. The van der Waals surface area contributed by atoms with Gasteiger partial charge in [0, 0.05) is 17.8 Å². The largest absolute Gasteiger partial charge is 0.490 e. The van der Waals surface area contributed by atoms with Gasteiger partial charge in [-0.1, -0.05) is 31.9 Å². The molecule has 0 heterocycles. The van der Waals surface area contributed by atoms with Gasteiger partial charge in [-0.15, -0.1) is 0 Å². The Morgan fingerprint density at radius 1 is 1.17 bits per heavy atom. The molecule has 1 saturated carbocycles. The molecule has 0 bridgehead atoms. The highest BCUT2D eigenvalue weighted by atomic mass is 16.6. The smallest absolute Gasteiger partial charge is 0.269 e. The third-order valence-corrected chi connectivity index (χ3v) is 6.13. The number of anilines is 1. The normalized spacial score (nSPS) is 16.1. The number of amides is 1. The highest BCUT2D eigenvalue weighted by Crippen LogP contribution is 2.42. The Balaban J connectivity index is 1.86. The number of nitro groups is 1. The zero-order chi connectivity index (χ0) is 21.9. The predicted octanol–water partition coefficient (Wildman–Crippen LogP) is 5.84. The number of non-ortho nitro benzene ring substituents is 1. The van der Waals surface area contributed by atoms with E-state index in [4.69, 9.17) is 4.74 Å². The average Bonchev–Trinajstić information content (AvgIpc) is 3.22. The van der Waals surface area contributed by atoms with Crippen LogP contribution in [0.1, 0.15) is 62.6 Å². The van der Waals surface area contributed by atoms with Gasteiger partial charge in [-0.25, -0.2) is 0 Å². The van der Waals surface area contributed by atoms with Crippen molar-refractivity contribution in [2.75, 3.05) is 5.32 Å². The summed E-state index contributed by atoms with van der Waals surface area (Å²) in [6.07, 6.45) is 4.46. The second-order valence-corrected chi connectivity index (χ2v) is 8.32. The molecular formula is C24H30N2O4. The molecule has 2 aromatic rings. The summed E-state index contributed by atoms with van der Waals surface area (Å²) in [6, 6.07) is 10.3. The average molecular weight is 411 g/mol. The Kier molecular flexibility index (Phi) is 6.44. The first-order chi connectivity index (χ1) is 14.3. The lowest BCUT2D eigenvalue weighted by Crippen LogP contribution is -2.38. The second-order valence-electron chi connectivity index (χ2n) is 8.32. The van der Waals surface area contributed by atoms with Crippen molar-refractivity contribution in [3.05, 3.63) is 63.2 Å². The van der Waals surface area contributed by atoms with Crippen molar-refractivity contribution in [2.45, 2.75) is 71.3 Å². The summed E-state index contributed by atoms with van der Waals surface area (Å²) in [5.41, 5.74) is 2.95. The fraction of sp³-hybridized carbons (Fsp3) is 0.458. The standard InChI is InChI=1S/C24H30N2O4/c1-5-18(4)30-22-16(2)14-20(15-17(22)3)25-23(27)24(12-6-7-13-24)19-8-10-21(11-9-19)26(28)29/h8-11,14-15,18H,5-7,12-13H2,1-4H3,(H,25,27)/t18-/m1/s1. The van der Waals surface area contributed by atoms with E-state index in [0.717, 1.165) is 60.2 Å². The van der Waals surface area contributed by atoms with E-state index in [2.05, 4.69) is 12.2 Å². The van der Waals surface area contributed by atoms with Gasteiger partial charge in [-0.2, -0.15) is 0 Å². The molecule has 0 aromatic heterocycles. The molecule has 1 N–H and O–H groups in total. The molecule has 30 heavy (non-hydrogen) atoms. The molecule has 1 fully saturated rings. The van der Waals surface area contributed by atoms with Crippen LogP contribution in [0.25, 0.3) is 0 Å². The lowest BCUT2D eigenvalue weighted by Gasteiger charge is -2.28. The van der Waals surface area contributed by atoms with E-state index in [9.17, 15) is 14.9 Å². The van der Waals surface area contributed by atoms with Crippen molar-refractivity contribution in [3.63, 3.8) is 0 Å². The predicted molar refractivity (Wildman–Crippen MR) is 118 cm³/mol. The Hall–Kier alpha value is -2.89. The van der Waals surface area contributed by atoms with Crippen LogP contribution in [0, 0.1) is 24.0 Å². The Labute approximate surface area is 177 Å². The summed E-state index contributed by atoms with van der Waals surface area (Å²) in [5.74, 6) is 0.816. The number of carbonyl (C=O) groups excluding carboxylic acids is 1. The van der Waals surface area contributed by atoms with Crippen molar-refractivity contribution < 1.29 is 14.5 Å². The molecule has 0 radical (unpaired) electrons. The van der Waals surface area contributed by atoms with E-state index in [1.165, 1.54) is 12.1 Å². The summed E-state index contributed by atoms with van der Waals surface area (Å²) in [6.45, 7) is 8.11. The molecule has 0 spiro atoms. The van der Waals surface area contributed by atoms with Crippen LogP contribution in [0.5, 0.6) is 5.75 Å². The van der Waals surface area contributed by atoms with E-state index in [0.29, 0.717) is 0 Å². The highest BCUT2D eigenvalue weighted by Gasteiger charge is 2.43. The summed E-state index contributed by atoms with van der Waals surface area (Å²) >= 11 is 0. The number of rotatable bonds is 7. The van der Waals surface area contributed by atoms with Gasteiger partial charge < -0.3 is 10.1 Å². The number of nitro benzene ring substituents is 1. The van der Waals surface area contributed by atoms with Crippen LogP contribution in [-0.4, -0.2) is 16.9 Å². The molecule has 160 valence electrons. The minimum Gasteiger partial charge on any atom is -0.490 e. The molecule has 0 aliphatic heterocycles. The van der Waals surface area contributed by atoms with Crippen LogP contribution in [0.15, 0.2) is 36.4 Å². The quantitative estimate of drug-likeness (QED) is 0.459. The van der Waals surface area contributed by atoms with Gasteiger partial charge in [0.15, 0.2) is 0 Å². The van der Waals surface area contributed by atoms with Crippen molar-refractivity contribution in [1.29, 1.82) is 0 Å². The van der Waals surface area contributed by atoms with Gasteiger partial charge in [-0.05, 0) is 68.9 Å². The number of carbonyl (C=O) groups is 1. The van der Waals surface area contributed by atoms with E-state index in [1.54, 1.807) is 12.1 Å². The van der Waals surface area contributed by atoms with Gasteiger partial charge in [0.2, 0.25) is 5.91 Å². The number of aryl methyl sites for hydroxylation is 2. The fourth-order valence-corrected chi connectivity index (χ4v) is 4.27. The number of benzene rings is 2. The Morgan fingerprint density at radius 3 is 2.23 bits per heavy atom. The van der Waals surface area contributed by atoms with Crippen LogP contribution in [0.2, 0.25) is 0 Å². The molecule has 1 aliphatic rings. The second kappa shape index (κ2) is 8.86. The van der Waals surface area contributed by atoms with Crippen molar-refractivity contribution in [2.24, 2.45) is 0 Å². The first kappa shape index (κ1) is 21.8. The maximum absolute atomic E-state index is 13.4. The van der Waals surface area contributed by atoms with Crippen LogP contribution < -0.4 is 10.1 Å². The van der Waals surface area contributed by atoms with E-state index in [-0.39, 0.29) is 17.7 Å². The fourth-order valence-electron chi connectivity index (χ4n) is 4.27. The van der Waals surface area contributed by atoms with Gasteiger partial charge in [0.25, 0.3) is 5.69 Å². The van der Waals surface area contributed by atoms with Crippen molar-refractivity contribution in [3.8, 4) is 5.75 Å². The number of ether oxygens (including phenoxy) is 1. The van der Waals surface area contributed by atoms with Crippen LogP contribution >= 0.6 is 0 Å². The lowest BCUT2D eigenvalue weighted by molar-refractivity contribution is -0.384. The Bertz CT molecular complexity index is 908. The molecule has 6 nitrogen and oxygen atoms in total. The third-order valence-electron chi connectivity index (χ3n) is 6.13. The first-order valence-electron chi connectivity index (χ1n) is 10.6. The zero-order valence-corrected chi connectivity index (χ0v) is 18.2. The van der Waals surface area contributed by atoms with Crippen molar-refractivity contribution >= 4 is 17.3 Å². The van der Waals surface area contributed by atoms with E-state index < -0.39 is 10.3 Å². The van der Waals surface area contributed by atoms with Gasteiger partial charge in [0.1, 0.15) is 5.75 Å². The van der Waals surface area contributed by atoms with Crippen LogP contribution in [-0.2, 0) is 10.2 Å². The van der Waals surface area contributed by atoms with E-state index in [1.807, 2.05) is 32.9 Å². The molecule has 1 amide bonds. The first-order valence-corrected chi connectivity index (χ1v) is 10.6. The topological polar surface area (TPSA) is 81.5 Å². The van der Waals surface area contributed by atoms with Gasteiger partial charge >= 0.3 is 0 Å². The monoisotopic (exact) mass is 410 g/mol. The minimum absolute atomic E-state index is 0.0375. The highest BCUT2D eigenvalue weighted by molar-refractivity contribution is 5.99. The summed E-state index contributed by atoms with van der Waals surface area (Å²) in [7, 11) is 0. The number of nitrogens with zero attached hydrogens (tertiary/aromatic N) is 1. The van der Waals surface area contributed by atoms with Crippen molar-refractivity contribution in [1.82, 2.24) is 0 Å². The number of hydrogen-bond donors (Lipinski definition) is 1. The summed E-state index contributed by atoms with van der Waals surface area (Å²) < 4.78 is 6.04. The molecule has 0 unspecified atom stereocenters. The molecular weight excluding hydrogens is 380 g/mol. The molecule has 6 heteroatoms. The van der Waals surface area contributed by atoms with E-state index >= 15 is 0 Å². The third kappa shape index (κ3) is 4.32.